The molecule has 0 heterocycles. The van der Waals surface area contributed by atoms with Crippen molar-refractivity contribution in [3.63, 3.8) is 0 Å². The zero-order valence-electron chi connectivity index (χ0n) is 8.78. The Bertz CT molecular complexity index is 422. The second kappa shape index (κ2) is 4.60. The Morgan fingerprint density at radius 1 is 1.50 bits per heavy atom. The van der Waals surface area contributed by atoms with Gasteiger partial charge in [-0.3, -0.25) is 0 Å². The normalized spacial score (nSPS) is 23.6. The molecule has 1 aromatic carbocycles. The molecule has 0 aliphatic heterocycles. The molecule has 1 aromatic rings. The lowest BCUT2D eigenvalue weighted by atomic mass is 9.89. The van der Waals surface area contributed by atoms with Crippen LogP contribution in [0.1, 0.15) is 24.0 Å². The molecule has 1 aliphatic rings. The van der Waals surface area contributed by atoms with Crippen LogP contribution in [0.5, 0.6) is 0 Å². The van der Waals surface area contributed by atoms with Crippen molar-refractivity contribution in [3.05, 3.63) is 35.1 Å². The summed E-state index contributed by atoms with van der Waals surface area (Å²) in [7, 11) is 0. The first-order valence-corrected chi connectivity index (χ1v) is 5.29. The van der Waals surface area contributed by atoms with Gasteiger partial charge in [0.15, 0.2) is 0 Å². The Morgan fingerprint density at radius 2 is 2.25 bits per heavy atom. The van der Waals surface area contributed by atoms with Gasteiger partial charge in [-0.05, 0) is 25.0 Å². The zero-order valence-corrected chi connectivity index (χ0v) is 8.78. The average molecular weight is 220 g/mol. The van der Waals surface area contributed by atoms with Crippen molar-refractivity contribution >= 4 is 0 Å². The minimum atomic E-state index is -0.355. The Morgan fingerprint density at radius 3 is 2.81 bits per heavy atom. The maximum absolute atomic E-state index is 13.4. The van der Waals surface area contributed by atoms with Gasteiger partial charge >= 0.3 is 0 Å². The highest BCUT2D eigenvalue weighted by molar-refractivity contribution is 5.32. The molecule has 0 unspecified atom stereocenters. The van der Waals surface area contributed by atoms with E-state index in [0.29, 0.717) is 17.7 Å². The fourth-order valence-corrected chi connectivity index (χ4v) is 1.77. The van der Waals surface area contributed by atoms with E-state index in [2.05, 4.69) is 5.32 Å². The maximum Gasteiger partial charge on any atom is 0.129 e. The number of nitriles is 1. The van der Waals surface area contributed by atoms with E-state index in [-0.39, 0.29) is 18.0 Å². The third kappa shape index (κ3) is 2.38. The smallest absolute Gasteiger partial charge is 0.129 e. The topological polar surface area (TPSA) is 56.0 Å². The molecule has 0 aromatic heterocycles. The van der Waals surface area contributed by atoms with E-state index < -0.39 is 0 Å². The average Bonchev–Trinajstić information content (AvgIpc) is 2.24. The summed E-state index contributed by atoms with van der Waals surface area (Å²) in [5.74, 6) is -0.355. The van der Waals surface area contributed by atoms with E-state index >= 15 is 0 Å². The lowest BCUT2D eigenvalue weighted by Crippen LogP contribution is -2.43. The Kier molecular flexibility index (Phi) is 3.18. The number of halogens is 1. The van der Waals surface area contributed by atoms with Crippen LogP contribution in [-0.2, 0) is 6.54 Å². The van der Waals surface area contributed by atoms with E-state index in [1.165, 1.54) is 6.07 Å². The number of nitrogens with one attached hydrogen (secondary N) is 1. The SMILES string of the molecule is N#Cc1ccc(CNC2CC(O)C2)c(F)c1. The van der Waals surface area contributed by atoms with Gasteiger partial charge in [-0.25, -0.2) is 4.39 Å². The van der Waals surface area contributed by atoms with Crippen LogP contribution >= 0.6 is 0 Å². The molecule has 2 rings (SSSR count). The first kappa shape index (κ1) is 11.1. The minimum Gasteiger partial charge on any atom is -0.393 e. The second-order valence-electron chi connectivity index (χ2n) is 4.12. The van der Waals surface area contributed by atoms with Crippen molar-refractivity contribution in [1.29, 1.82) is 5.26 Å². The van der Waals surface area contributed by atoms with Gasteiger partial charge in [0.1, 0.15) is 5.82 Å². The number of rotatable bonds is 3. The third-order valence-electron chi connectivity index (χ3n) is 2.88. The van der Waals surface area contributed by atoms with E-state index in [1.807, 2.05) is 6.07 Å². The molecular weight excluding hydrogens is 207 g/mol. The summed E-state index contributed by atoms with van der Waals surface area (Å²) < 4.78 is 13.4. The van der Waals surface area contributed by atoms with Gasteiger partial charge in [0, 0.05) is 18.2 Å². The van der Waals surface area contributed by atoms with Crippen molar-refractivity contribution in [2.75, 3.05) is 0 Å². The van der Waals surface area contributed by atoms with E-state index in [1.54, 1.807) is 12.1 Å². The maximum atomic E-state index is 13.4. The van der Waals surface area contributed by atoms with E-state index in [9.17, 15) is 4.39 Å². The van der Waals surface area contributed by atoms with Crippen molar-refractivity contribution < 1.29 is 9.50 Å². The number of aliphatic hydroxyl groups is 1. The summed E-state index contributed by atoms with van der Waals surface area (Å²) in [5, 5.41) is 20.8. The molecule has 0 spiro atoms. The summed E-state index contributed by atoms with van der Waals surface area (Å²) in [6.45, 7) is 0.439. The molecular formula is C12H13FN2O. The monoisotopic (exact) mass is 220 g/mol. The van der Waals surface area contributed by atoms with E-state index in [0.717, 1.165) is 12.8 Å². The number of aliphatic hydroxyl groups excluding tert-OH is 1. The van der Waals surface area contributed by atoms with Crippen LogP contribution in [0.2, 0.25) is 0 Å². The Hall–Kier alpha value is -1.44. The van der Waals surface area contributed by atoms with Gasteiger partial charge in [-0.1, -0.05) is 6.07 Å². The first-order valence-electron chi connectivity index (χ1n) is 5.29. The molecule has 2 N–H and O–H groups in total. The number of benzene rings is 1. The highest BCUT2D eigenvalue weighted by atomic mass is 19.1. The van der Waals surface area contributed by atoms with Gasteiger partial charge in [-0.15, -0.1) is 0 Å². The zero-order chi connectivity index (χ0) is 11.5. The van der Waals surface area contributed by atoms with Crippen LogP contribution in [0.4, 0.5) is 4.39 Å². The van der Waals surface area contributed by atoms with Gasteiger partial charge in [0.2, 0.25) is 0 Å². The fourth-order valence-electron chi connectivity index (χ4n) is 1.77. The molecule has 1 fully saturated rings. The molecule has 0 atom stereocenters. The van der Waals surface area contributed by atoms with Crippen LogP contribution in [-0.4, -0.2) is 17.3 Å². The molecule has 16 heavy (non-hydrogen) atoms. The lowest BCUT2D eigenvalue weighted by molar-refractivity contribution is 0.0618. The molecule has 0 amide bonds. The summed E-state index contributed by atoms with van der Waals surface area (Å²) in [4.78, 5) is 0. The van der Waals surface area contributed by atoms with Crippen LogP contribution in [0.25, 0.3) is 0 Å². The molecule has 0 saturated heterocycles. The molecule has 84 valence electrons. The van der Waals surface area contributed by atoms with Crippen LogP contribution in [0, 0.1) is 17.1 Å². The largest absolute Gasteiger partial charge is 0.393 e. The van der Waals surface area contributed by atoms with Crippen molar-refractivity contribution in [3.8, 4) is 6.07 Å². The summed E-state index contributed by atoms with van der Waals surface area (Å²) in [6.07, 6.45) is 1.26. The highest BCUT2D eigenvalue weighted by Crippen LogP contribution is 2.20. The fraction of sp³-hybridized carbons (Fsp3) is 0.417. The summed E-state index contributed by atoms with van der Waals surface area (Å²) in [6, 6.07) is 6.65. The first-order chi connectivity index (χ1) is 7.69. The van der Waals surface area contributed by atoms with Gasteiger partial charge in [0.25, 0.3) is 0 Å². The van der Waals surface area contributed by atoms with Crippen molar-refractivity contribution in [2.45, 2.75) is 31.5 Å². The molecule has 0 bridgehead atoms. The third-order valence-corrected chi connectivity index (χ3v) is 2.88. The second-order valence-corrected chi connectivity index (χ2v) is 4.12. The standard InChI is InChI=1S/C12H13FN2O/c13-12-3-8(6-14)1-2-9(12)7-15-10-4-11(16)5-10/h1-3,10-11,15-16H,4-5,7H2. The Balaban J connectivity index is 1.92. The van der Waals surface area contributed by atoms with Crippen LogP contribution in [0.15, 0.2) is 18.2 Å². The molecule has 0 radical (unpaired) electrons. The molecule has 3 nitrogen and oxygen atoms in total. The van der Waals surface area contributed by atoms with Crippen LogP contribution < -0.4 is 5.32 Å². The Labute approximate surface area is 93.5 Å². The van der Waals surface area contributed by atoms with Gasteiger partial charge in [0.05, 0.1) is 17.7 Å². The van der Waals surface area contributed by atoms with Crippen molar-refractivity contribution in [1.82, 2.24) is 5.32 Å². The quantitative estimate of drug-likeness (QED) is 0.807. The molecule has 4 heteroatoms. The van der Waals surface area contributed by atoms with Crippen LogP contribution in [0.3, 0.4) is 0 Å². The summed E-state index contributed by atoms with van der Waals surface area (Å²) in [5.41, 5.74) is 0.890. The van der Waals surface area contributed by atoms with Gasteiger partial charge in [-0.2, -0.15) is 5.26 Å². The number of hydrogen-bond donors (Lipinski definition) is 2. The highest BCUT2D eigenvalue weighted by Gasteiger charge is 2.26. The minimum absolute atomic E-state index is 0.205. The predicted octanol–water partition coefficient (Wildman–Crippen LogP) is 1.31. The lowest BCUT2D eigenvalue weighted by Gasteiger charge is -2.32. The van der Waals surface area contributed by atoms with E-state index in [4.69, 9.17) is 10.4 Å². The molecule has 1 saturated carbocycles. The van der Waals surface area contributed by atoms with Crippen molar-refractivity contribution in [2.24, 2.45) is 0 Å². The summed E-state index contributed by atoms with van der Waals surface area (Å²) >= 11 is 0. The predicted molar refractivity (Wildman–Crippen MR) is 57.0 cm³/mol. The molecule has 1 aliphatic carbocycles. The van der Waals surface area contributed by atoms with Gasteiger partial charge < -0.3 is 10.4 Å². The number of hydrogen-bond acceptors (Lipinski definition) is 3. The number of nitrogens with zero attached hydrogens (tertiary/aromatic N) is 1.